The van der Waals surface area contributed by atoms with E-state index in [1.165, 1.54) is 0 Å². The van der Waals surface area contributed by atoms with Gasteiger partial charge < -0.3 is 5.32 Å². The first-order valence-electron chi connectivity index (χ1n) is 5.50. The van der Waals surface area contributed by atoms with Crippen LogP contribution in [0.4, 0.5) is 0 Å². The minimum absolute atomic E-state index is 0.0373. The number of unbranched alkanes of at least 4 members (excludes halogenated alkanes) is 1. The molecule has 88 valence electrons. The van der Waals surface area contributed by atoms with Crippen molar-refractivity contribution in [3.8, 4) is 0 Å². The number of aromatic nitrogens is 1. The topological polar surface area (TPSA) is 42.0 Å². The van der Waals surface area contributed by atoms with E-state index in [4.69, 9.17) is 11.6 Å². The minimum Gasteiger partial charge on any atom is -0.348 e. The molecule has 1 amide bonds. The second-order valence-electron chi connectivity index (χ2n) is 3.69. The van der Waals surface area contributed by atoms with Crippen LogP contribution in [0.5, 0.6) is 0 Å². The van der Waals surface area contributed by atoms with Crippen molar-refractivity contribution < 1.29 is 4.79 Å². The first-order chi connectivity index (χ1) is 7.74. The van der Waals surface area contributed by atoms with Crippen LogP contribution in [0.15, 0.2) is 24.4 Å². The zero-order valence-corrected chi connectivity index (χ0v) is 10.2. The van der Waals surface area contributed by atoms with Crippen molar-refractivity contribution in [2.75, 3.05) is 5.88 Å². The maximum Gasteiger partial charge on any atom is 0.220 e. The van der Waals surface area contributed by atoms with Crippen molar-refractivity contribution in [1.82, 2.24) is 10.3 Å². The molecule has 1 aromatic heterocycles. The lowest BCUT2D eigenvalue weighted by atomic mass is 10.2. The molecule has 0 aliphatic carbocycles. The second-order valence-corrected chi connectivity index (χ2v) is 4.07. The number of pyridine rings is 1. The number of halogens is 1. The third-order valence-corrected chi connectivity index (χ3v) is 2.56. The zero-order valence-electron chi connectivity index (χ0n) is 9.45. The summed E-state index contributed by atoms with van der Waals surface area (Å²) in [5.74, 6) is 0.673. The molecule has 0 aliphatic heterocycles. The van der Waals surface area contributed by atoms with Crippen molar-refractivity contribution >= 4 is 17.5 Å². The van der Waals surface area contributed by atoms with Gasteiger partial charge in [-0.2, -0.15) is 0 Å². The molecule has 0 radical (unpaired) electrons. The molecule has 1 aromatic rings. The van der Waals surface area contributed by atoms with Crippen molar-refractivity contribution in [1.29, 1.82) is 0 Å². The van der Waals surface area contributed by atoms with Gasteiger partial charge in [-0.25, -0.2) is 0 Å². The van der Waals surface area contributed by atoms with E-state index in [1.807, 2.05) is 25.1 Å². The van der Waals surface area contributed by atoms with Gasteiger partial charge in [0, 0.05) is 18.5 Å². The van der Waals surface area contributed by atoms with Crippen LogP contribution in [-0.2, 0) is 4.79 Å². The van der Waals surface area contributed by atoms with Gasteiger partial charge in [-0.05, 0) is 31.9 Å². The highest BCUT2D eigenvalue weighted by molar-refractivity contribution is 6.17. The van der Waals surface area contributed by atoms with Crippen LogP contribution in [0.3, 0.4) is 0 Å². The number of alkyl halides is 1. The Morgan fingerprint density at radius 2 is 2.31 bits per heavy atom. The van der Waals surface area contributed by atoms with Gasteiger partial charge in [0.05, 0.1) is 11.7 Å². The largest absolute Gasteiger partial charge is 0.348 e. The van der Waals surface area contributed by atoms with Crippen LogP contribution >= 0.6 is 11.6 Å². The quantitative estimate of drug-likeness (QED) is 0.614. The third kappa shape index (κ3) is 4.62. The number of nitrogens with zero attached hydrogens (tertiary/aromatic N) is 1. The molecule has 1 atom stereocenters. The van der Waals surface area contributed by atoms with Gasteiger partial charge in [-0.1, -0.05) is 6.07 Å². The molecule has 0 saturated heterocycles. The van der Waals surface area contributed by atoms with E-state index in [2.05, 4.69) is 10.3 Å². The Labute approximate surface area is 101 Å². The molecule has 0 aromatic carbocycles. The summed E-state index contributed by atoms with van der Waals surface area (Å²) >= 11 is 5.54. The fraction of sp³-hybridized carbons (Fsp3) is 0.500. The maximum absolute atomic E-state index is 11.5. The SMILES string of the molecule is C[C@H](NC(=O)CCCCCl)c1ccccn1. The predicted molar refractivity (Wildman–Crippen MR) is 65.4 cm³/mol. The van der Waals surface area contributed by atoms with E-state index in [-0.39, 0.29) is 11.9 Å². The fourth-order valence-corrected chi connectivity index (χ4v) is 1.59. The smallest absolute Gasteiger partial charge is 0.220 e. The van der Waals surface area contributed by atoms with Gasteiger partial charge in [0.2, 0.25) is 5.91 Å². The molecule has 0 fully saturated rings. The molecule has 1 rings (SSSR count). The van der Waals surface area contributed by atoms with Crippen molar-refractivity contribution in [2.24, 2.45) is 0 Å². The molecule has 4 heteroatoms. The summed E-state index contributed by atoms with van der Waals surface area (Å²) in [5.41, 5.74) is 0.883. The summed E-state index contributed by atoms with van der Waals surface area (Å²) < 4.78 is 0. The lowest BCUT2D eigenvalue weighted by Crippen LogP contribution is -2.26. The Balaban J connectivity index is 2.34. The average Bonchev–Trinajstić information content (AvgIpc) is 2.30. The van der Waals surface area contributed by atoms with Gasteiger partial charge in [0.25, 0.3) is 0 Å². The normalized spacial score (nSPS) is 12.1. The Kier molecular flexibility index (Phi) is 5.86. The molecule has 0 aliphatic rings. The summed E-state index contributed by atoms with van der Waals surface area (Å²) in [7, 11) is 0. The number of carbonyl (C=O) groups excluding carboxylic acids is 1. The van der Waals surface area contributed by atoms with E-state index in [1.54, 1.807) is 6.20 Å². The van der Waals surface area contributed by atoms with Gasteiger partial charge >= 0.3 is 0 Å². The molecule has 0 saturated carbocycles. The van der Waals surface area contributed by atoms with Gasteiger partial charge in [-0.15, -0.1) is 11.6 Å². The molecular weight excluding hydrogens is 224 g/mol. The number of nitrogens with one attached hydrogen (secondary N) is 1. The first kappa shape index (κ1) is 13.0. The summed E-state index contributed by atoms with van der Waals surface area (Å²) in [5, 5.41) is 2.91. The monoisotopic (exact) mass is 240 g/mol. The molecule has 1 N–H and O–H groups in total. The Bertz CT molecular complexity index is 316. The number of hydrogen-bond acceptors (Lipinski definition) is 2. The second kappa shape index (κ2) is 7.23. The van der Waals surface area contributed by atoms with Crippen LogP contribution in [0.2, 0.25) is 0 Å². The highest BCUT2D eigenvalue weighted by Gasteiger charge is 2.09. The number of hydrogen-bond donors (Lipinski definition) is 1. The number of rotatable bonds is 6. The Morgan fingerprint density at radius 1 is 1.50 bits per heavy atom. The maximum atomic E-state index is 11.5. The van der Waals surface area contributed by atoms with E-state index >= 15 is 0 Å². The van der Waals surface area contributed by atoms with Gasteiger partial charge in [-0.3, -0.25) is 9.78 Å². The summed E-state index contributed by atoms with van der Waals surface area (Å²) in [4.78, 5) is 15.7. The molecule has 0 unspecified atom stereocenters. The first-order valence-corrected chi connectivity index (χ1v) is 6.03. The van der Waals surface area contributed by atoms with Crippen molar-refractivity contribution in [2.45, 2.75) is 32.2 Å². The molecule has 16 heavy (non-hydrogen) atoms. The van der Waals surface area contributed by atoms with Crippen LogP contribution in [-0.4, -0.2) is 16.8 Å². The number of carbonyl (C=O) groups is 1. The zero-order chi connectivity index (χ0) is 11.8. The van der Waals surface area contributed by atoms with Crippen LogP contribution < -0.4 is 5.32 Å². The van der Waals surface area contributed by atoms with E-state index in [0.717, 1.165) is 18.5 Å². The lowest BCUT2D eigenvalue weighted by Gasteiger charge is -2.12. The van der Waals surface area contributed by atoms with Crippen molar-refractivity contribution in [3.05, 3.63) is 30.1 Å². The van der Waals surface area contributed by atoms with Crippen molar-refractivity contribution in [3.63, 3.8) is 0 Å². The Hall–Kier alpha value is -1.09. The average molecular weight is 241 g/mol. The highest BCUT2D eigenvalue weighted by atomic mass is 35.5. The van der Waals surface area contributed by atoms with E-state index in [9.17, 15) is 4.79 Å². The van der Waals surface area contributed by atoms with Crippen LogP contribution in [0, 0.1) is 0 Å². The summed E-state index contributed by atoms with van der Waals surface area (Å²) in [6.07, 6.45) is 3.98. The molecule has 1 heterocycles. The molecule has 0 bridgehead atoms. The van der Waals surface area contributed by atoms with Gasteiger partial charge in [0.15, 0.2) is 0 Å². The standard InChI is InChI=1S/C12H17ClN2O/c1-10(11-6-3-5-9-14-11)15-12(16)7-2-4-8-13/h3,5-6,9-10H,2,4,7-8H2,1H3,(H,15,16)/t10-/m0/s1. The van der Waals surface area contributed by atoms with Gasteiger partial charge in [0.1, 0.15) is 0 Å². The predicted octanol–water partition coefficient (Wildman–Crippen LogP) is 2.67. The van der Waals surface area contributed by atoms with Crippen LogP contribution in [0.1, 0.15) is 37.9 Å². The molecule has 0 spiro atoms. The highest BCUT2D eigenvalue weighted by Crippen LogP contribution is 2.08. The third-order valence-electron chi connectivity index (χ3n) is 2.30. The lowest BCUT2D eigenvalue weighted by molar-refractivity contribution is -0.121. The molecular formula is C12H17ClN2O. The Morgan fingerprint density at radius 3 is 2.94 bits per heavy atom. The summed E-state index contributed by atoms with van der Waals surface area (Å²) in [6.45, 7) is 1.93. The van der Waals surface area contributed by atoms with E-state index < -0.39 is 0 Å². The summed E-state index contributed by atoms with van der Waals surface area (Å²) in [6, 6.07) is 5.64. The van der Waals surface area contributed by atoms with E-state index in [0.29, 0.717) is 12.3 Å². The fourth-order valence-electron chi connectivity index (χ4n) is 1.40. The number of amides is 1. The van der Waals surface area contributed by atoms with Crippen LogP contribution in [0.25, 0.3) is 0 Å². The minimum atomic E-state index is -0.0373. The molecule has 3 nitrogen and oxygen atoms in total.